The van der Waals surface area contributed by atoms with Gasteiger partial charge in [0.05, 0.1) is 12.5 Å². The van der Waals surface area contributed by atoms with Crippen molar-refractivity contribution in [3.8, 4) is 5.75 Å². The summed E-state index contributed by atoms with van der Waals surface area (Å²) in [6.07, 6.45) is 5.06. The van der Waals surface area contributed by atoms with Gasteiger partial charge in [0.15, 0.2) is 0 Å². The van der Waals surface area contributed by atoms with E-state index in [0.717, 1.165) is 50.0 Å². The molecule has 1 unspecified atom stereocenters. The van der Waals surface area contributed by atoms with E-state index >= 15 is 0 Å². The Morgan fingerprint density at radius 1 is 1.35 bits per heavy atom. The van der Waals surface area contributed by atoms with Gasteiger partial charge in [0.2, 0.25) is 5.91 Å². The molecule has 1 heterocycles. The van der Waals surface area contributed by atoms with E-state index in [1.807, 2.05) is 30.1 Å². The van der Waals surface area contributed by atoms with Gasteiger partial charge in [0.25, 0.3) is 0 Å². The largest absolute Gasteiger partial charge is 0.497 e. The van der Waals surface area contributed by atoms with Gasteiger partial charge in [-0.25, -0.2) is 0 Å². The molecule has 1 fully saturated rings. The third-order valence-electron chi connectivity index (χ3n) is 4.40. The number of hydrogen-bond donors (Lipinski definition) is 0. The fraction of sp³-hybridized carbons (Fsp3) is 0.588. The van der Waals surface area contributed by atoms with Crippen molar-refractivity contribution in [3.63, 3.8) is 0 Å². The molecular weight excluding hydrogens is 250 g/mol. The van der Waals surface area contributed by atoms with Crippen molar-refractivity contribution < 1.29 is 9.53 Å². The predicted molar refractivity (Wildman–Crippen MR) is 81.1 cm³/mol. The summed E-state index contributed by atoms with van der Waals surface area (Å²) in [4.78, 5) is 14.8. The van der Waals surface area contributed by atoms with Crippen molar-refractivity contribution in [2.75, 3.05) is 20.7 Å². The molecule has 1 amide bonds. The second-order valence-electron chi connectivity index (χ2n) is 5.75. The van der Waals surface area contributed by atoms with Crippen LogP contribution in [0, 0.1) is 0 Å². The summed E-state index contributed by atoms with van der Waals surface area (Å²) < 4.78 is 5.34. The van der Waals surface area contributed by atoms with Crippen LogP contribution in [0.15, 0.2) is 24.3 Å². The Hall–Kier alpha value is -1.51. The van der Waals surface area contributed by atoms with Crippen molar-refractivity contribution in [1.82, 2.24) is 4.90 Å². The van der Waals surface area contributed by atoms with Gasteiger partial charge in [-0.2, -0.15) is 0 Å². The van der Waals surface area contributed by atoms with Crippen LogP contribution in [-0.2, 0) is 10.2 Å². The van der Waals surface area contributed by atoms with E-state index in [-0.39, 0.29) is 11.3 Å². The molecule has 0 N–H and O–H groups in total. The minimum atomic E-state index is -0.367. The maximum absolute atomic E-state index is 12.9. The minimum absolute atomic E-state index is 0.269. The molecule has 0 radical (unpaired) electrons. The molecule has 3 heteroatoms. The molecule has 2 rings (SSSR count). The van der Waals surface area contributed by atoms with Gasteiger partial charge in [0.1, 0.15) is 5.75 Å². The van der Waals surface area contributed by atoms with Gasteiger partial charge in [-0.1, -0.05) is 31.9 Å². The quantitative estimate of drug-likeness (QED) is 0.843. The number of benzene rings is 1. The van der Waals surface area contributed by atoms with Crippen LogP contribution in [0.25, 0.3) is 0 Å². The number of likely N-dealkylation sites (N-methyl/N-ethyl adjacent to an activating group) is 1. The van der Waals surface area contributed by atoms with Gasteiger partial charge in [-0.3, -0.25) is 4.79 Å². The van der Waals surface area contributed by atoms with Crippen molar-refractivity contribution >= 4 is 5.91 Å². The molecule has 3 nitrogen and oxygen atoms in total. The summed E-state index contributed by atoms with van der Waals surface area (Å²) in [7, 11) is 3.60. The monoisotopic (exact) mass is 275 g/mol. The number of rotatable bonds is 4. The Kier molecular flexibility index (Phi) is 4.69. The zero-order valence-electron chi connectivity index (χ0n) is 12.8. The van der Waals surface area contributed by atoms with Crippen LogP contribution in [-0.4, -0.2) is 31.5 Å². The predicted octanol–water partition coefficient (Wildman–Crippen LogP) is 3.38. The summed E-state index contributed by atoms with van der Waals surface area (Å²) in [5.74, 6) is 1.10. The summed E-state index contributed by atoms with van der Waals surface area (Å²) in [6, 6.07) is 8.04. The number of carbonyl (C=O) groups is 1. The number of hydrogen-bond acceptors (Lipinski definition) is 2. The van der Waals surface area contributed by atoms with Gasteiger partial charge >= 0.3 is 0 Å². The van der Waals surface area contributed by atoms with Crippen molar-refractivity contribution in [1.29, 1.82) is 0 Å². The molecule has 1 saturated heterocycles. The Morgan fingerprint density at radius 2 is 2.15 bits per heavy atom. The average Bonchev–Trinajstić information content (AvgIpc) is 2.62. The first-order valence-corrected chi connectivity index (χ1v) is 7.54. The fourth-order valence-electron chi connectivity index (χ4n) is 3.34. The maximum atomic E-state index is 12.9. The third kappa shape index (κ3) is 2.67. The lowest BCUT2D eigenvalue weighted by molar-refractivity contribution is -0.135. The van der Waals surface area contributed by atoms with E-state index in [9.17, 15) is 4.79 Å². The highest BCUT2D eigenvalue weighted by Gasteiger charge is 2.42. The van der Waals surface area contributed by atoms with E-state index in [2.05, 4.69) is 13.0 Å². The van der Waals surface area contributed by atoms with Crippen LogP contribution in [0.5, 0.6) is 5.75 Å². The smallest absolute Gasteiger partial charge is 0.232 e. The molecule has 1 aliphatic heterocycles. The Balaban J connectivity index is 2.48. The minimum Gasteiger partial charge on any atom is -0.497 e. The zero-order valence-corrected chi connectivity index (χ0v) is 12.8. The topological polar surface area (TPSA) is 29.5 Å². The lowest BCUT2D eigenvalue weighted by Crippen LogP contribution is -2.44. The van der Waals surface area contributed by atoms with Crippen LogP contribution in [0.1, 0.15) is 44.6 Å². The first kappa shape index (κ1) is 14.9. The van der Waals surface area contributed by atoms with E-state index < -0.39 is 0 Å². The maximum Gasteiger partial charge on any atom is 0.232 e. The number of likely N-dealkylation sites (tertiary alicyclic amines) is 1. The summed E-state index contributed by atoms with van der Waals surface area (Å²) in [5.41, 5.74) is 0.742. The first-order chi connectivity index (χ1) is 9.64. The van der Waals surface area contributed by atoms with Crippen molar-refractivity contribution in [2.45, 2.75) is 44.4 Å². The fourth-order valence-corrected chi connectivity index (χ4v) is 3.34. The standard InChI is InChI=1S/C17H25NO2/c1-4-10-17(11-5-6-12-18(2)16(17)19)14-8-7-9-15(13-14)20-3/h7-9,13H,4-6,10-12H2,1-3H3. The Bertz CT molecular complexity index is 472. The lowest BCUT2D eigenvalue weighted by atomic mass is 9.72. The van der Waals surface area contributed by atoms with E-state index in [0.29, 0.717) is 0 Å². The Morgan fingerprint density at radius 3 is 2.85 bits per heavy atom. The second kappa shape index (κ2) is 6.29. The molecule has 1 aliphatic rings. The van der Waals surface area contributed by atoms with E-state index in [4.69, 9.17) is 4.74 Å². The van der Waals surface area contributed by atoms with Crippen molar-refractivity contribution in [3.05, 3.63) is 29.8 Å². The lowest BCUT2D eigenvalue weighted by Gasteiger charge is -2.34. The second-order valence-corrected chi connectivity index (χ2v) is 5.75. The summed E-state index contributed by atoms with van der Waals surface area (Å²) in [5, 5.41) is 0. The number of nitrogens with zero attached hydrogens (tertiary/aromatic N) is 1. The zero-order chi connectivity index (χ0) is 14.6. The number of carbonyl (C=O) groups excluding carboxylic acids is 1. The van der Waals surface area contributed by atoms with Gasteiger partial charge in [0, 0.05) is 13.6 Å². The normalized spacial score (nSPS) is 23.6. The Labute approximate surface area is 121 Å². The molecule has 1 atom stereocenters. The number of amides is 1. The van der Waals surface area contributed by atoms with Crippen LogP contribution < -0.4 is 4.74 Å². The van der Waals surface area contributed by atoms with E-state index in [1.54, 1.807) is 7.11 Å². The average molecular weight is 275 g/mol. The molecule has 0 bridgehead atoms. The highest BCUT2D eigenvalue weighted by molar-refractivity contribution is 5.88. The molecule has 110 valence electrons. The van der Waals surface area contributed by atoms with Crippen LogP contribution in [0.2, 0.25) is 0 Å². The highest BCUT2D eigenvalue weighted by atomic mass is 16.5. The SMILES string of the molecule is CCCC1(c2cccc(OC)c2)CCCCN(C)C1=O. The van der Waals surface area contributed by atoms with Gasteiger partial charge < -0.3 is 9.64 Å². The molecule has 1 aromatic carbocycles. The molecule has 0 aliphatic carbocycles. The molecule has 0 aromatic heterocycles. The summed E-state index contributed by atoms with van der Waals surface area (Å²) in [6.45, 7) is 3.02. The number of methoxy groups -OCH3 is 1. The van der Waals surface area contributed by atoms with Crippen LogP contribution in [0.4, 0.5) is 0 Å². The van der Waals surface area contributed by atoms with E-state index in [1.165, 1.54) is 0 Å². The van der Waals surface area contributed by atoms with Crippen LogP contribution >= 0.6 is 0 Å². The van der Waals surface area contributed by atoms with Gasteiger partial charge in [-0.05, 0) is 37.0 Å². The molecule has 1 aromatic rings. The highest BCUT2D eigenvalue weighted by Crippen LogP contribution is 2.39. The summed E-state index contributed by atoms with van der Waals surface area (Å²) >= 11 is 0. The van der Waals surface area contributed by atoms with Crippen LogP contribution in [0.3, 0.4) is 0 Å². The number of ether oxygens (including phenoxy) is 1. The first-order valence-electron chi connectivity index (χ1n) is 7.54. The van der Waals surface area contributed by atoms with Crippen molar-refractivity contribution in [2.24, 2.45) is 0 Å². The molecule has 0 spiro atoms. The molecule has 0 saturated carbocycles. The molecule has 20 heavy (non-hydrogen) atoms. The third-order valence-corrected chi connectivity index (χ3v) is 4.40. The molecular formula is C17H25NO2. The van der Waals surface area contributed by atoms with Gasteiger partial charge in [-0.15, -0.1) is 0 Å².